The lowest BCUT2D eigenvalue weighted by Gasteiger charge is -2.32. The van der Waals surface area contributed by atoms with Crippen molar-refractivity contribution in [3.05, 3.63) is 53.1 Å². The Hall–Kier alpha value is -2.29. The maximum Gasteiger partial charge on any atom is 0.264 e. The van der Waals surface area contributed by atoms with E-state index in [1.165, 1.54) is 22.5 Å². The average molecular weight is 464 g/mol. The van der Waals surface area contributed by atoms with Crippen molar-refractivity contribution in [3.8, 4) is 5.75 Å². The summed E-state index contributed by atoms with van der Waals surface area (Å²) in [5.74, 6) is 0.188. The molecular formula is C22H26ClN3O4S. The van der Waals surface area contributed by atoms with Gasteiger partial charge in [0, 0.05) is 32.7 Å². The van der Waals surface area contributed by atoms with Crippen LogP contribution >= 0.6 is 11.6 Å². The van der Waals surface area contributed by atoms with E-state index in [1.54, 1.807) is 4.90 Å². The molecule has 0 spiro atoms. The number of likely N-dealkylation sites (N-methyl/N-ethyl adjacent to an activating group) is 1. The van der Waals surface area contributed by atoms with Gasteiger partial charge >= 0.3 is 0 Å². The third kappa shape index (κ3) is 4.66. The van der Waals surface area contributed by atoms with Crippen molar-refractivity contribution in [2.24, 2.45) is 0 Å². The molecule has 2 heterocycles. The minimum atomic E-state index is -3.75. The number of ether oxygens (including phenoxy) is 1. The van der Waals surface area contributed by atoms with Crippen LogP contribution in [-0.2, 0) is 21.2 Å². The maximum atomic E-state index is 13.3. The Morgan fingerprint density at radius 2 is 1.81 bits per heavy atom. The highest BCUT2D eigenvalue weighted by Gasteiger charge is 2.29. The van der Waals surface area contributed by atoms with E-state index in [9.17, 15) is 13.2 Å². The standard InChI is InChI=1S/C22H26ClN3O4S/c1-24-11-13-25(14-12-24)22(27)16-30-21-9-8-18(15-19(21)23)31(28,29)26-10-4-6-17-5-2-3-7-20(17)26/h2-3,5,7-9,15H,4,6,10-14,16H2,1H3. The molecule has 2 aromatic rings. The number of nitrogens with zero attached hydrogens (tertiary/aromatic N) is 3. The molecule has 0 aromatic heterocycles. The first kappa shape index (κ1) is 21.9. The van der Waals surface area contributed by atoms with Gasteiger partial charge in [0.2, 0.25) is 0 Å². The molecule has 1 saturated heterocycles. The summed E-state index contributed by atoms with van der Waals surface area (Å²) in [7, 11) is -1.73. The van der Waals surface area contributed by atoms with Gasteiger partial charge in [-0.1, -0.05) is 29.8 Å². The van der Waals surface area contributed by atoms with Crippen LogP contribution in [0.25, 0.3) is 0 Å². The topological polar surface area (TPSA) is 70.2 Å². The summed E-state index contributed by atoms with van der Waals surface area (Å²) >= 11 is 6.32. The van der Waals surface area contributed by atoms with Gasteiger partial charge in [-0.3, -0.25) is 9.10 Å². The zero-order valence-electron chi connectivity index (χ0n) is 17.5. The molecule has 0 radical (unpaired) electrons. The number of fused-ring (bicyclic) bond motifs is 1. The van der Waals surface area contributed by atoms with Gasteiger partial charge < -0.3 is 14.5 Å². The minimum Gasteiger partial charge on any atom is -0.482 e. The van der Waals surface area contributed by atoms with Crippen LogP contribution in [0.15, 0.2) is 47.4 Å². The van der Waals surface area contributed by atoms with Gasteiger partial charge in [0.1, 0.15) is 5.75 Å². The molecule has 0 aliphatic carbocycles. The van der Waals surface area contributed by atoms with Crippen molar-refractivity contribution < 1.29 is 17.9 Å². The number of halogens is 1. The molecule has 0 atom stereocenters. The number of carbonyl (C=O) groups excluding carboxylic acids is 1. The number of amides is 1. The second kappa shape index (κ2) is 9.06. The first-order valence-electron chi connectivity index (χ1n) is 10.4. The molecule has 0 N–H and O–H groups in total. The Bertz CT molecular complexity index is 1070. The number of hydrogen-bond acceptors (Lipinski definition) is 5. The smallest absolute Gasteiger partial charge is 0.264 e. The summed E-state index contributed by atoms with van der Waals surface area (Å²) in [5.41, 5.74) is 1.73. The molecule has 2 aliphatic heterocycles. The quantitative estimate of drug-likeness (QED) is 0.681. The summed E-state index contributed by atoms with van der Waals surface area (Å²) in [5, 5.41) is 0.164. The second-order valence-corrected chi connectivity index (χ2v) is 10.1. The highest BCUT2D eigenvalue weighted by atomic mass is 35.5. The first-order valence-corrected chi connectivity index (χ1v) is 12.2. The minimum absolute atomic E-state index is 0.104. The lowest BCUT2D eigenvalue weighted by Crippen LogP contribution is -2.48. The summed E-state index contributed by atoms with van der Waals surface area (Å²) in [4.78, 5) is 16.4. The van der Waals surface area contributed by atoms with E-state index in [1.807, 2.05) is 31.3 Å². The van der Waals surface area contributed by atoms with E-state index in [0.717, 1.165) is 31.5 Å². The molecule has 7 nitrogen and oxygen atoms in total. The Kier molecular flexibility index (Phi) is 6.41. The van der Waals surface area contributed by atoms with E-state index < -0.39 is 10.0 Å². The molecule has 1 fully saturated rings. The van der Waals surface area contributed by atoms with E-state index in [0.29, 0.717) is 31.1 Å². The number of anilines is 1. The number of hydrogen-bond donors (Lipinski definition) is 0. The largest absolute Gasteiger partial charge is 0.482 e. The summed E-state index contributed by atoms with van der Waals surface area (Å²) in [6.07, 6.45) is 1.62. The average Bonchev–Trinajstić information content (AvgIpc) is 2.78. The Balaban J connectivity index is 1.47. The lowest BCUT2D eigenvalue weighted by molar-refractivity contribution is -0.134. The van der Waals surface area contributed by atoms with Crippen LogP contribution in [0.4, 0.5) is 5.69 Å². The number of rotatable bonds is 5. The van der Waals surface area contributed by atoms with Gasteiger partial charge in [-0.15, -0.1) is 0 Å². The zero-order valence-corrected chi connectivity index (χ0v) is 19.0. The Labute approximate surface area is 188 Å². The van der Waals surface area contributed by atoms with Crippen LogP contribution in [0.3, 0.4) is 0 Å². The summed E-state index contributed by atoms with van der Waals surface area (Å²) in [6, 6.07) is 11.9. The molecular weight excluding hydrogens is 438 g/mol. The van der Waals surface area contributed by atoms with E-state index in [2.05, 4.69) is 4.90 Å². The SMILES string of the molecule is CN1CCN(C(=O)COc2ccc(S(=O)(=O)N3CCCc4ccccc43)cc2Cl)CC1. The zero-order chi connectivity index (χ0) is 22.0. The normalized spacial score (nSPS) is 17.4. The van der Waals surface area contributed by atoms with Gasteiger partial charge in [-0.2, -0.15) is 0 Å². The van der Waals surface area contributed by atoms with Crippen molar-refractivity contribution in [1.29, 1.82) is 0 Å². The van der Waals surface area contributed by atoms with Gasteiger partial charge in [-0.25, -0.2) is 8.42 Å². The van der Waals surface area contributed by atoms with Gasteiger partial charge in [-0.05, 0) is 49.7 Å². The van der Waals surface area contributed by atoms with Crippen molar-refractivity contribution in [2.75, 3.05) is 50.7 Å². The Morgan fingerprint density at radius 3 is 2.55 bits per heavy atom. The van der Waals surface area contributed by atoms with Crippen molar-refractivity contribution in [3.63, 3.8) is 0 Å². The van der Waals surface area contributed by atoms with E-state index in [-0.39, 0.29) is 22.4 Å². The predicted molar refractivity (Wildman–Crippen MR) is 120 cm³/mol. The highest BCUT2D eigenvalue weighted by molar-refractivity contribution is 7.92. The fourth-order valence-corrected chi connectivity index (χ4v) is 5.79. The monoisotopic (exact) mass is 463 g/mol. The molecule has 2 aliphatic rings. The van der Waals surface area contributed by atoms with Crippen molar-refractivity contribution >= 4 is 33.2 Å². The summed E-state index contributed by atoms with van der Waals surface area (Å²) in [6.45, 7) is 3.29. The molecule has 1 amide bonds. The first-order chi connectivity index (χ1) is 14.9. The van der Waals surface area contributed by atoms with Crippen LogP contribution in [0.1, 0.15) is 12.0 Å². The number of carbonyl (C=O) groups is 1. The molecule has 2 aromatic carbocycles. The molecule has 4 rings (SSSR count). The molecule has 0 saturated carbocycles. The number of piperazine rings is 1. The van der Waals surface area contributed by atoms with E-state index >= 15 is 0 Å². The van der Waals surface area contributed by atoms with Gasteiger partial charge in [0.25, 0.3) is 15.9 Å². The van der Waals surface area contributed by atoms with Crippen LogP contribution < -0.4 is 9.04 Å². The molecule has 0 bridgehead atoms. The fourth-order valence-electron chi connectivity index (χ4n) is 3.92. The molecule has 166 valence electrons. The number of sulfonamides is 1. The fraction of sp³-hybridized carbons (Fsp3) is 0.409. The van der Waals surface area contributed by atoms with Gasteiger partial charge in [0.05, 0.1) is 15.6 Å². The maximum absolute atomic E-state index is 13.3. The van der Waals surface area contributed by atoms with Crippen LogP contribution in [0.5, 0.6) is 5.75 Å². The Morgan fingerprint density at radius 1 is 1.06 bits per heavy atom. The predicted octanol–water partition coefficient (Wildman–Crippen LogP) is 2.63. The third-order valence-electron chi connectivity index (χ3n) is 5.77. The number of benzene rings is 2. The summed E-state index contributed by atoms with van der Waals surface area (Å²) < 4.78 is 33.6. The van der Waals surface area contributed by atoms with Crippen molar-refractivity contribution in [2.45, 2.75) is 17.7 Å². The number of para-hydroxylation sites is 1. The van der Waals surface area contributed by atoms with Crippen LogP contribution in [0, 0.1) is 0 Å². The van der Waals surface area contributed by atoms with Crippen LogP contribution in [0.2, 0.25) is 5.02 Å². The third-order valence-corrected chi connectivity index (χ3v) is 7.87. The number of aryl methyl sites for hydroxylation is 1. The highest BCUT2D eigenvalue weighted by Crippen LogP contribution is 2.34. The van der Waals surface area contributed by atoms with Crippen molar-refractivity contribution in [1.82, 2.24) is 9.80 Å². The van der Waals surface area contributed by atoms with Gasteiger partial charge in [0.15, 0.2) is 6.61 Å². The molecule has 9 heteroatoms. The molecule has 0 unspecified atom stereocenters. The van der Waals surface area contributed by atoms with Crippen LogP contribution in [-0.4, -0.2) is 70.5 Å². The molecule has 31 heavy (non-hydrogen) atoms. The lowest BCUT2D eigenvalue weighted by atomic mass is 10.0. The van der Waals surface area contributed by atoms with E-state index in [4.69, 9.17) is 16.3 Å². The second-order valence-electron chi connectivity index (χ2n) is 7.87.